The molecule has 1 fully saturated rings. The van der Waals surface area contributed by atoms with Crippen LogP contribution in [-0.4, -0.2) is 36.6 Å². The monoisotopic (exact) mass is 421 g/mol. The minimum Gasteiger partial charge on any atom is -0.486 e. The van der Waals surface area contributed by atoms with Crippen LogP contribution in [0.3, 0.4) is 0 Å². The summed E-state index contributed by atoms with van der Waals surface area (Å²) >= 11 is 1.36. The van der Waals surface area contributed by atoms with Crippen LogP contribution >= 0.6 is 11.3 Å². The summed E-state index contributed by atoms with van der Waals surface area (Å²) in [4.78, 5) is 30.7. The molecular formula is C22H19N3O4S. The van der Waals surface area contributed by atoms with E-state index < -0.39 is 0 Å². The topological polar surface area (TPSA) is 80.8 Å². The molecule has 2 aliphatic rings. The number of aromatic nitrogens is 1. The number of benzene rings is 2. The Morgan fingerprint density at radius 2 is 1.87 bits per heavy atom. The highest BCUT2D eigenvalue weighted by Gasteiger charge is 2.22. The van der Waals surface area contributed by atoms with Crippen LogP contribution in [-0.2, 0) is 4.79 Å². The summed E-state index contributed by atoms with van der Waals surface area (Å²) < 4.78 is 11.2. The molecule has 2 aromatic carbocycles. The Hall–Kier alpha value is -3.39. The molecule has 2 amide bonds. The predicted molar refractivity (Wildman–Crippen MR) is 115 cm³/mol. The largest absolute Gasteiger partial charge is 0.486 e. The first-order valence-electron chi connectivity index (χ1n) is 9.75. The van der Waals surface area contributed by atoms with E-state index >= 15 is 0 Å². The number of amides is 2. The Balaban J connectivity index is 1.28. The van der Waals surface area contributed by atoms with Gasteiger partial charge >= 0.3 is 0 Å². The number of carbonyl (C=O) groups is 2. The van der Waals surface area contributed by atoms with Crippen LogP contribution in [0.4, 0.5) is 10.8 Å². The summed E-state index contributed by atoms with van der Waals surface area (Å²) in [6.07, 6.45) is 1.45. The average molecular weight is 421 g/mol. The van der Waals surface area contributed by atoms with Gasteiger partial charge in [0.1, 0.15) is 13.2 Å². The van der Waals surface area contributed by atoms with Crippen LogP contribution in [0.5, 0.6) is 11.5 Å². The van der Waals surface area contributed by atoms with Crippen LogP contribution in [0.15, 0.2) is 47.8 Å². The van der Waals surface area contributed by atoms with E-state index in [1.807, 2.05) is 23.6 Å². The number of carbonyl (C=O) groups excluding carboxylic acids is 2. The Bertz CT molecular complexity index is 1110. The third kappa shape index (κ3) is 3.61. The minimum atomic E-state index is -0.239. The van der Waals surface area contributed by atoms with Gasteiger partial charge in [-0.3, -0.25) is 14.9 Å². The highest BCUT2D eigenvalue weighted by molar-refractivity contribution is 7.14. The van der Waals surface area contributed by atoms with Gasteiger partial charge in [-0.05, 0) is 48.9 Å². The lowest BCUT2D eigenvalue weighted by atomic mass is 10.1. The van der Waals surface area contributed by atoms with Gasteiger partial charge in [-0.25, -0.2) is 4.98 Å². The highest BCUT2D eigenvalue weighted by atomic mass is 32.1. The van der Waals surface area contributed by atoms with Crippen molar-refractivity contribution in [3.63, 3.8) is 0 Å². The zero-order valence-electron chi connectivity index (χ0n) is 16.1. The van der Waals surface area contributed by atoms with Gasteiger partial charge in [-0.1, -0.05) is 0 Å². The molecule has 5 rings (SSSR count). The van der Waals surface area contributed by atoms with Crippen molar-refractivity contribution in [1.29, 1.82) is 0 Å². The van der Waals surface area contributed by atoms with E-state index in [1.54, 1.807) is 29.2 Å². The van der Waals surface area contributed by atoms with E-state index in [-0.39, 0.29) is 11.8 Å². The first-order valence-corrected chi connectivity index (χ1v) is 10.6. The van der Waals surface area contributed by atoms with Gasteiger partial charge in [0.15, 0.2) is 16.6 Å². The van der Waals surface area contributed by atoms with Crippen molar-refractivity contribution in [3.8, 4) is 22.8 Å². The minimum absolute atomic E-state index is 0.127. The van der Waals surface area contributed by atoms with Crippen LogP contribution in [0, 0.1) is 0 Å². The first kappa shape index (κ1) is 18.6. The smallest absolute Gasteiger partial charge is 0.257 e. The molecule has 1 saturated heterocycles. The molecule has 7 nitrogen and oxygen atoms in total. The number of rotatable bonds is 4. The normalized spacial score (nSPS) is 15.3. The van der Waals surface area contributed by atoms with E-state index in [0.717, 1.165) is 35.7 Å². The molecule has 3 aromatic rings. The molecule has 1 aromatic heterocycles. The molecular weight excluding hydrogens is 402 g/mol. The summed E-state index contributed by atoms with van der Waals surface area (Å²) in [5.41, 5.74) is 3.00. The van der Waals surface area contributed by atoms with Crippen LogP contribution in [0.1, 0.15) is 23.2 Å². The molecule has 0 radical (unpaired) electrons. The second-order valence-electron chi connectivity index (χ2n) is 7.05. The second-order valence-corrected chi connectivity index (χ2v) is 7.90. The van der Waals surface area contributed by atoms with E-state index in [2.05, 4.69) is 10.3 Å². The van der Waals surface area contributed by atoms with Gasteiger partial charge in [0.2, 0.25) is 5.91 Å². The average Bonchev–Trinajstić information content (AvgIpc) is 3.42. The number of fused-ring (bicyclic) bond motifs is 1. The second kappa shape index (κ2) is 7.79. The summed E-state index contributed by atoms with van der Waals surface area (Å²) in [5.74, 6) is 1.32. The number of thiazole rings is 1. The number of nitrogens with one attached hydrogen (secondary N) is 1. The lowest BCUT2D eigenvalue weighted by Crippen LogP contribution is -2.23. The maximum atomic E-state index is 12.6. The van der Waals surface area contributed by atoms with E-state index in [9.17, 15) is 9.59 Å². The molecule has 0 unspecified atom stereocenters. The third-order valence-corrected chi connectivity index (χ3v) is 5.83. The molecule has 0 bridgehead atoms. The summed E-state index contributed by atoms with van der Waals surface area (Å²) in [6.45, 7) is 1.81. The Morgan fingerprint density at radius 1 is 1.07 bits per heavy atom. The molecule has 3 heterocycles. The van der Waals surface area contributed by atoms with Crippen LogP contribution in [0.2, 0.25) is 0 Å². The van der Waals surface area contributed by atoms with Crippen molar-refractivity contribution in [2.45, 2.75) is 12.8 Å². The molecule has 152 valence electrons. The summed E-state index contributed by atoms with van der Waals surface area (Å²) in [6, 6.07) is 12.8. The van der Waals surface area contributed by atoms with Crippen molar-refractivity contribution < 1.29 is 19.1 Å². The van der Waals surface area contributed by atoms with Crippen molar-refractivity contribution in [2.24, 2.45) is 0 Å². The van der Waals surface area contributed by atoms with Crippen LogP contribution in [0.25, 0.3) is 11.3 Å². The highest BCUT2D eigenvalue weighted by Crippen LogP contribution is 2.35. The third-order valence-electron chi connectivity index (χ3n) is 5.08. The molecule has 30 heavy (non-hydrogen) atoms. The maximum absolute atomic E-state index is 12.6. The number of nitrogens with zero attached hydrogens (tertiary/aromatic N) is 2. The fraction of sp³-hybridized carbons (Fsp3) is 0.227. The van der Waals surface area contributed by atoms with Crippen molar-refractivity contribution in [1.82, 2.24) is 4.98 Å². The zero-order chi connectivity index (χ0) is 20.5. The molecule has 8 heteroatoms. The van der Waals surface area contributed by atoms with Gasteiger partial charge in [0, 0.05) is 35.2 Å². The fourth-order valence-corrected chi connectivity index (χ4v) is 4.26. The molecule has 1 N–H and O–H groups in total. The fourth-order valence-electron chi connectivity index (χ4n) is 3.55. The first-order chi connectivity index (χ1) is 14.7. The quantitative estimate of drug-likeness (QED) is 0.690. The van der Waals surface area contributed by atoms with Gasteiger partial charge in [-0.15, -0.1) is 11.3 Å². The molecule has 0 aliphatic carbocycles. The van der Waals surface area contributed by atoms with E-state index in [0.29, 0.717) is 36.1 Å². The van der Waals surface area contributed by atoms with E-state index in [1.165, 1.54) is 11.3 Å². The molecule has 2 aliphatic heterocycles. The van der Waals surface area contributed by atoms with Crippen molar-refractivity contribution >= 4 is 34.0 Å². The van der Waals surface area contributed by atoms with E-state index in [4.69, 9.17) is 9.47 Å². The SMILES string of the molecule is O=C(Nc1nc(-c2ccc3c(c2)OCCO3)cs1)c1ccc(N2CCCC2=O)cc1. The number of anilines is 2. The van der Waals surface area contributed by atoms with Gasteiger partial charge in [0.25, 0.3) is 5.91 Å². The van der Waals surface area contributed by atoms with Gasteiger partial charge < -0.3 is 14.4 Å². The predicted octanol–water partition coefficient (Wildman–Crippen LogP) is 3.96. The summed E-state index contributed by atoms with van der Waals surface area (Å²) in [5, 5.41) is 5.25. The summed E-state index contributed by atoms with van der Waals surface area (Å²) in [7, 11) is 0. The maximum Gasteiger partial charge on any atom is 0.257 e. The van der Waals surface area contributed by atoms with Crippen LogP contribution < -0.4 is 19.7 Å². The Labute approximate surface area is 177 Å². The molecule has 0 saturated carbocycles. The van der Waals surface area contributed by atoms with Gasteiger partial charge in [0.05, 0.1) is 5.69 Å². The van der Waals surface area contributed by atoms with Crippen molar-refractivity contribution in [3.05, 3.63) is 53.4 Å². The standard InChI is InChI=1S/C22H19N3O4S/c26-20-2-1-9-25(20)16-6-3-14(4-7-16)21(27)24-22-23-17(13-30-22)15-5-8-18-19(12-15)29-11-10-28-18/h3-8,12-13H,1-2,9-11H2,(H,23,24,27). The van der Waals surface area contributed by atoms with Gasteiger partial charge in [-0.2, -0.15) is 0 Å². The number of hydrogen-bond donors (Lipinski definition) is 1. The van der Waals surface area contributed by atoms with Crippen molar-refractivity contribution in [2.75, 3.05) is 30.0 Å². The molecule has 0 spiro atoms. The number of ether oxygens (including phenoxy) is 2. The molecule has 0 atom stereocenters. The Kier molecular flexibility index (Phi) is 4.84. The lowest BCUT2D eigenvalue weighted by Gasteiger charge is -2.18. The number of hydrogen-bond acceptors (Lipinski definition) is 6. The zero-order valence-corrected chi connectivity index (χ0v) is 16.9. The Morgan fingerprint density at radius 3 is 2.63 bits per heavy atom. The lowest BCUT2D eigenvalue weighted by molar-refractivity contribution is -0.117.